The first-order chi connectivity index (χ1) is 12.9. The molecule has 0 bridgehead atoms. The fraction of sp³-hybridized carbons (Fsp3) is 0.111. The summed E-state index contributed by atoms with van der Waals surface area (Å²) in [6, 6.07) is 7.07. The maximum Gasteiger partial charge on any atom is 0.266 e. The summed E-state index contributed by atoms with van der Waals surface area (Å²) in [4.78, 5) is 56.4. The number of methoxy groups -OCH3 is 1. The van der Waals surface area contributed by atoms with Crippen molar-refractivity contribution in [3.05, 3.63) is 81.7 Å². The van der Waals surface area contributed by atoms with Crippen LogP contribution in [0.25, 0.3) is 21.8 Å². The van der Waals surface area contributed by atoms with Crippen LogP contribution in [0.5, 0.6) is 5.88 Å². The van der Waals surface area contributed by atoms with Crippen molar-refractivity contribution in [2.24, 2.45) is 0 Å². The number of aromatic amines is 2. The first-order valence-electron chi connectivity index (χ1n) is 7.88. The van der Waals surface area contributed by atoms with E-state index in [1.165, 1.54) is 13.3 Å². The second-order valence-corrected chi connectivity index (χ2v) is 6.88. The van der Waals surface area contributed by atoms with E-state index in [2.05, 4.69) is 25.9 Å². The molecule has 0 saturated carbocycles. The quantitative estimate of drug-likeness (QED) is 0.506. The van der Waals surface area contributed by atoms with Crippen LogP contribution in [0.3, 0.4) is 0 Å². The molecule has 0 spiro atoms. The predicted molar refractivity (Wildman–Crippen MR) is 104 cm³/mol. The number of benzene rings is 2. The maximum atomic E-state index is 12.8. The Bertz CT molecular complexity index is 1430. The number of hydrogen-bond acceptors (Lipinski definition) is 5. The number of nitrogens with zero attached hydrogens (tertiary/aromatic N) is 1. The van der Waals surface area contributed by atoms with Gasteiger partial charge in [0.1, 0.15) is 21.8 Å². The molecule has 8 nitrogen and oxygen atoms in total. The van der Waals surface area contributed by atoms with Crippen LogP contribution in [-0.4, -0.2) is 21.6 Å². The Morgan fingerprint density at radius 1 is 1.04 bits per heavy atom. The Balaban J connectivity index is 2.08. The van der Waals surface area contributed by atoms with Gasteiger partial charge in [0.2, 0.25) is 16.7 Å². The molecule has 0 radical (unpaired) electrons. The summed E-state index contributed by atoms with van der Waals surface area (Å²) in [6.45, 7) is -0.0439. The van der Waals surface area contributed by atoms with Crippen molar-refractivity contribution in [3.63, 3.8) is 0 Å². The molecule has 2 heterocycles. The number of hydrogen-bond donors (Lipinski definition) is 2. The van der Waals surface area contributed by atoms with Crippen LogP contribution < -0.4 is 26.7 Å². The lowest BCUT2D eigenvalue weighted by atomic mass is 10.1. The number of rotatable bonds is 3. The molecule has 136 valence electrons. The van der Waals surface area contributed by atoms with Crippen molar-refractivity contribution in [1.29, 1.82) is 0 Å². The smallest absolute Gasteiger partial charge is 0.266 e. The molecule has 2 N–H and O–H groups in total. The van der Waals surface area contributed by atoms with E-state index in [-0.39, 0.29) is 23.5 Å². The first-order valence-corrected chi connectivity index (χ1v) is 8.68. The summed E-state index contributed by atoms with van der Waals surface area (Å²) in [5.74, 6) is 0.210. The Kier molecular flexibility index (Phi) is 3.96. The molecule has 0 unspecified atom stereocenters. The SMILES string of the molecule is COc1c[nH]c2c(=O)c3c(=O)n(Cc4cccc(Br)c4)c(=O)c3c(=O)c2[nH]1. The molecule has 0 amide bonds. The van der Waals surface area contributed by atoms with Gasteiger partial charge in [-0.1, -0.05) is 28.1 Å². The third-order valence-corrected chi connectivity index (χ3v) is 4.86. The van der Waals surface area contributed by atoms with Crippen LogP contribution in [0, 0.1) is 0 Å². The maximum absolute atomic E-state index is 12.8. The van der Waals surface area contributed by atoms with E-state index in [9.17, 15) is 19.2 Å². The third kappa shape index (κ3) is 2.58. The summed E-state index contributed by atoms with van der Waals surface area (Å²) in [7, 11) is 1.38. The molecular weight excluding hydrogens is 418 g/mol. The number of ether oxygens (including phenoxy) is 1. The lowest BCUT2D eigenvalue weighted by Gasteiger charge is -2.02. The molecule has 0 fully saturated rings. The third-order valence-electron chi connectivity index (χ3n) is 4.37. The monoisotopic (exact) mass is 429 g/mol. The molecule has 4 aromatic rings. The van der Waals surface area contributed by atoms with Crippen molar-refractivity contribution in [1.82, 2.24) is 14.5 Å². The Morgan fingerprint density at radius 2 is 1.70 bits per heavy atom. The molecule has 27 heavy (non-hydrogen) atoms. The van der Waals surface area contributed by atoms with E-state index in [1.54, 1.807) is 18.2 Å². The Labute approximate surface area is 158 Å². The minimum atomic E-state index is -0.782. The second-order valence-electron chi connectivity index (χ2n) is 5.97. The van der Waals surface area contributed by atoms with Gasteiger partial charge in [0.25, 0.3) is 11.1 Å². The zero-order valence-electron chi connectivity index (χ0n) is 14.0. The van der Waals surface area contributed by atoms with Crippen LogP contribution in [-0.2, 0) is 6.54 Å². The molecule has 9 heteroatoms. The highest BCUT2D eigenvalue weighted by Crippen LogP contribution is 2.13. The minimum Gasteiger partial charge on any atom is -0.481 e. The summed E-state index contributed by atoms with van der Waals surface area (Å²) in [5, 5.41) is -0.812. The van der Waals surface area contributed by atoms with Gasteiger partial charge in [-0.15, -0.1) is 0 Å². The van der Waals surface area contributed by atoms with Crippen LogP contribution in [0.15, 0.2) is 54.1 Å². The molecule has 0 aliphatic heterocycles. The average Bonchev–Trinajstić information content (AvgIpc) is 2.91. The van der Waals surface area contributed by atoms with Gasteiger partial charge in [-0.3, -0.25) is 23.7 Å². The highest BCUT2D eigenvalue weighted by atomic mass is 79.9. The van der Waals surface area contributed by atoms with Crippen LogP contribution >= 0.6 is 15.9 Å². The van der Waals surface area contributed by atoms with E-state index in [0.29, 0.717) is 5.56 Å². The van der Waals surface area contributed by atoms with Crippen molar-refractivity contribution in [2.45, 2.75) is 6.54 Å². The summed E-state index contributed by atoms with van der Waals surface area (Å²) >= 11 is 3.33. The first kappa shape index (κ1) is 17.2. The molecular formula is C18H12BrN3O5. The van der Waals surface area contributed by atoms with Gasteiger partial charge < -0.3 is 14.7 Å². The van der Waals surface area contributed by atoms with Gasteiger partial charge in [0, 0.05) is 4.47 Å². The van der Waals surface area contributed by atoms with Gasteiger partial charge in [-0.05, 0) is 17.7 Å². The van der Waals surface area contributed by atoms with Crippen molar-refractivity contribution in [2.75, 3.05) is 7.11 Å². The predicted octanol–water partition coefficient (Wildman–Crippen LogP) is 1.15. The molecule has 0 atom stereocenters. The van der Waals surface area contributed by atoms with Crippen molar-refractivity contribution in [3.8, 4) is 5.88 Å². The van der Waals surface area contributed by atoms with Gasteiger partial charge in [0.05, 0.1) is 19.9 Å². The largest absolute Gasteiger partial charge is 0.481 e. The number of halogens is 1. The van der Waals surface area contributed by atoms with E-state index in [4.69, 9.17) is 4.74 Å². The molecule has 2 aromatic carbocycles. The van der Waals surface area contributed by atoms with E-state index in [0.717, 1.165) is 9.04 Å². The van der Waals surface area contributed by atoms with Gasteiger partial charge in [-0.25, -0.2) is 0 Å². The zero-order valence-corrected chi connectivity index (χ0v) is 15.5. The summed E-state index contributed by atoms with van der Waals surface area (Å²) < 4.78 is 6.69. The molecule has 0 aliphatic rings. The highest BCUT2D eigenvalue weighted by Gasteiger charge is 2.22. The zero-order chi connectivity index (χ0) is 19.3. The highest BCUT2D eigenvalue weighted by molar-refractivity contribution is 9.10. The average molecular weight is 430 g/mol. The Hall–Kier alpha value is -3.20. The van der Waals surface area contributed by atoms with Crippen LogP contribution in [0.4, 0.5) is 0 Å². The fourth-order valence-electron chi connectivity index (χ4n) is 3.10. The topological polar surface area (TPSA) is 114 Å². The summed E-state index contributed by atoms with van der Waals surface area (Å²) in [5.41, 5.74) is -2.48. The Morgan fingerprint density at radius 3 is 2.33 bits per heavy atom. The number of H-pyrrole nitrogens is 2. The summed E-state index contributed by atoms with van der Waals surface area (Å²) in [6.07, 6.45) is 1.36. The van der Waals surface area contributed by atoms with Crippen LogP contribution in [0.2, 0.25) is 0 Å². The lowest BCUT2D eigenvalue weighted by molar-refractivity contribution is 0.397. The minimum absolute atomic E-state index is 0.0439. The van der Waals surface area contributed by atoms with E-state index >= 15 is 0 Å². The molecule has 0 saturated heterocycles. The van der Waals surface area contributed by atoms with Crippen LogP contribution in [0.1, 0.15) is 5.56 Å². The van der Waals surface area contributed by atoms with Crippen molar-refractivity contribution >= 4 is 37.7 Å². The number of nitrogens with one attached hydrogen (secondary N) is 2. The molecule has 4 rings (SSSR count). The van der Waals surface area contributed by atoms with Gasteiger partial charge in [-0.2, -0.15) is 0 Å². The van der Waals surface area contributed by atoms with E-state index in [1.807, 2.05) is 6.07 Å². The standard InChI is InChI=1S/C18H12BrN3O5/c1-27-10-6-20-13-14(21-10)16(24)12-11(15(13)23)17(25)22(18(12)26)7-8-3-2-4-9(19)5-8/h2-6,20-21H,7H2,1H3. The second kappa shape index (κ2) is 6.20. The van der Waals surface area contributed by atoms with Crippen molar-refractivity contribution < 1.29 is 4.74 Å². The molecule has 0 aliphatic carbocycles. The van der Waals surface area contributed by atoms with E-state index < -0.39 is 32.7 Å². The normalized spacial score (nSPS) is 11.3. The van der Waals surface area contributed by atoms with Gasteiger partial charge >= 0.3 is 0 Å². The number of fused-ring (bicyclic) bond motifs is 2. The fourth-order valence-corrected chi connectivity index (χ4v) is 3.55. The van der Waals surface area contributed by atoms with Gasteiger partial charge in [0.15, 0.2) is 0 Å². The number of aromatic nitrogens is 3. The lowest BCUT2D eigenvalue weighted by Crippen LogP contribution is -2.27. The molecule has 2 aromatic heterocycles.